The predicted octanol–water partition coefficient (Wildman–Crippen LogP) is 2.99. The van der Waals surface area contributed by atoms with Gasteiger partial charge in [0.2, 0.25) is 0 Å². The van der Waals surface area contributed by atoms with E-state index in [1.807, 2.05) is 6.92 Å². The van der Waals surface area contributed by atoms with Crippen LogP contribution < -0.4 is 0 Å². The fraction of sp³-hybridized carbons (Fsp3) is 0.667. The van der Waals surface area contributed by atoms with Crippen molar-refractivity contribution in [1.29, 1.82) is 0 Å². The Labute approximate surface area is 148 Å². The SMILES string of the molecule is C=CCOC(=O)CCC1(C)OCC(CC)(COC(=O)OCC=C)CO1. The zero-order valence-electron chi connectivity index (χ0n) is 15.1. The van der Waals surface area contributed by atoms with Crippen LogP contribution in [0.1, 0.15) is 33.1 Å². The average Bonchev–Trinajstić information content (AvgIpc) is 2.63. The van der Waals surface area contributed by atoms with E-state index in [0.717, 1.165) is 0 Å². The van der Waals surface area contributed by atoms with Crippen LogP contribution in [0.2, 0.25) is 0 Å². The second-order valence-corrected chi connectivity index (χ2v) is 6.17. The van der Waals surface area contributed by atoms with E-state index in [0.29, 0.717) is 26.1 Å². The summed E-state index contributed by atoms with van der Waals surface area (Å²) < 4.78 is 26.6. The van der Waals surface area contributed by atoms with E-state index in [-0.39, 0.29) is 32.2 Å². The first-order chi connectivity index (χ1) is 11.9. The van der Waals surface area contributed by atoms with Gasteiger partial charge in [-0.3, -0.25) is 4.79 Å². The van der Waals surface area contributed by atoms with E-state index in [1.165, 1.54) is 12.2 Å². The van der Waals surface area contributed by atoms with Crippen LogP contribution >= 0.6 is 0 Å². The lowest BCUT2D eigenvalue weighted by atomic mass is 9.86. The van der Waals surface area contributed by atoms with Gasteiger partial charge in [-0.05, 0) is 13.3 Å². The Bertz CT molecular complexity index is 464. The molecule has 0 aromatic rings. The summed E-state index contributed by atoms with van der Waals surface area (Å²) in [6, 6.07) is 0. The summed E-state index contributed by atoms with van der Waals surface area (Å²) in [5, 5.41) is 0. The van der Waals surface area contributed by atoms with Crippen LogP contribution in [0.4, 0.5) is 4.79 Å². The number of rotatable bonds is 10. The third-order valence-corrected chi connectivity index (χ3v) is 4.08. The van der Waals surface area contributed by atoms with E-state index >= 15 is 0 Å². The minimum Gasteiger partial charge on any atom is -0.461 e. The van der Waals surface area contributed by atoms with Gasteiger partial charge in [-0.1, -0.05) is 32.2 Å². The molecule has 1 saturated heterocycles. The minimum absolute atomic E-state index is 0.102. The second kappa shape index (κ2) is 10.2. The normalized spacial score (nSPS) is 25.7. The van der Waals surface area contributed by atoms with Crippen LogP contribution in [0, 0.1) is 5.41 Å². The minimum atomic E-state index is -0.866. The molecule has 0 N–H and O–H groups in total. The average molecular weight is 356 g/mol. The summed E-state index contributed by atoms with van der Waals surface area (Å²) in [4.78, 5) is 23.0. The van der Waals surface area contributed by atoms with E-state index in [2.05, 4.69) is 13.2 Å². The molecule has 0 spiro atoms. The molecule has 0 atom stereocenters. The Kier molecular flexibility index (Phi) is 8.65. The van der Waals surface area contributed by atoms with Crippen molar-refractivity contribution in [1.82, 2.24) is 0 Å². The zero-order valence-corrected chi connectivity index (χ0v) is 15.1. The van der Waals surface area contributed by atoms with E-state index in [9.17, 15) is 9.59 Å². The molecule has 0 radical (unpaired) electrons. The molecule has 1 aliphatic heterocycles. The fourth-order valence-corrected chi connectivity index (χ4v) is 2.16. The highest BCUT2D eigenvalue weighted by molar-refractivity contribution is 5.69. The lowest BCUT2D eigenvalue weighted by molar-refractivity contribution is -0.302. The van der Waals surface area contributed by atoms with Crippen LogP contribution in [-0.4, -0.2) is 50.9 Å². The molecule has 7 heteroatoms. The maximum Gasteiger partial charge on any atom is 0.508 e. The summed E-state index contributed by atoms with van der Waals surface area (Å²) in [6.45, 7) is 11.9. The van der Waals surface area contributed by atoms with Crippen LogP contribution in [0.25, 0.3) is 0 Å². The summed E-state index contributed by atoms with van der Waals surface area (Å²) in [5.74, 6) is -1.19. The molecule has 0 aromatic heterocycles. The monoisotopic (exact) mass is 356 g/mol. The lowest BCUT2D eigenvalue weighted by Gasteiger charge is -2.44. The lowest BCUT2D eigenvalue weighted by Crippen LogP contribution is -2.50. The van der Waals surface area contributed by atoms with Crippen molar-refractivity contribution in [2.45, 2.75) is 38.9 Å². The van der Waals surface area contributed by atoms with E-state index in [1.54, 1.807) is 6.92 Å². The van der Waals surface area contributed by atoms with Gasteiger partial charge in [0, 0.05) is 6.42 Å². The topological polar surface area (TPSA) is 80.3 Å². The number of carbonyl (C=O) groups is 2. The van der Waals surface area contributed by atoms with Gasteiger partial charge in [-0.25, -0.2) is 4.79 Å². The molecule has 142 valence electrons. The van der Waals surface area contributed by atoms with Crippen molar-refractivity contribution in [3.63, 3.8) is 0 Å². The maximum absolute atomic E-state index is 11.6. The molecule has 0 bridgehead atoms. The second-order valence-electron chi connectivity index (χ2n) is 6.17. The molecule has 1 heterocycles. The van der Waals surface area contributed by atoms with Crippen molar-refractivity contribution in [3.8, 4) is 0 Å². The van der Waals surface area contributed by atoms with E-state index in [4.69, 9.17) is 23.7 Å². The highest BCUT2D eigenvalue weighted by atomic mass is 16.7. The van der Waals surface area contributed by atoms with Crippen LogP contribution in [0.15, 0.2) is 25.3 Å². The number of carbonyl (C=O) groups excluding carboxylic acids is 2. The molecular weight excluding hydrogens is 328 g/mol. The van der Waals surface area contributed by atoms with Crippen molar-refractivity contribution >= 4 is 12.1 Å². The van der Waals surface area contributed by atoms with Crippen molar-refractivity contribution in [2.24, 2.45) is 5.41 Å². The first kappa shape index (κ1) is 21.2. The first-order valence-corrected chi connectivity index (χ1v) is 8.33. The molecule has 1 rings (SSSR count). The Balaban J connectivity index is 2.44. The highest BCUT2D eigenvalue weighted by Crippen LogP contribution is 2.35. The Morgan fingerprint density at radius 2 is 1.68 bits per heavy atom. The summed E-state index contributed by atoms with van der Waals surface area (Å²) >= 11 is 0. The molecule has 0 unspecified atom stereocenters. The van der Waals surface area contributed by atoms with Crippen LogP contribution in [0.5, 0.6) is 0 Å². The molecular formula is C18H28O7. The number of hydrogen-bond donors (Lipinski definition) is 0. The van der Waals surface area contributed by atoms with Gasteiger partial charge >= 0.3 is 12.1 Å². The molecule has 0 saturated carbocycles. The Morgan fingerprint density at radius 1 is 1.08 bits per heavy atom. The molecule has 0 amide bonds. The third kappa shape index (κ3) is 7.27. The van der Waals surface area contributed by atoms with Gasteiger partial charge in [-0.2, -0.15) is 0 Å². The predicted molar refractivity (Wildman–Crippen MR) is 90.9 cm³/mol. The van der Waals surface area contributed by atoms with Gasteiger partial charge in [0.1, 0.15) is 19.8 Å². The number of hydrogen-bond acceptors (Lipinski definition) is 7. The number of ether oxygens (including phenoxy) is 5. The summed E-state index contributed by atoms with van der Waals surface area (Å²) in [6.07, 6.45) is 3.52. The maximum atomic E-state index is 11.6. The fourth-order valence-electron chi connectivity index (χ4n) is 2.16. The van der Waals surface area contributed by atoms with Gasteiger partial charge < -0.3 is 23.7 Å². The molecule has 1 fully saturated rings. The van der Waals surface area contributed by atoms with Crippen molar-refractivity contribution < 1.29 is 33.3 Å². The van der Waals surface area contributed by atoms with Crippen LogP contribution in [-0.2, 0) is 28.5 Å². The van der Waals surface area contributed by atoms with Gasteiger partial charge in [-0.15, -0.1) is 0 Å². The quantitative estimate of drug-likeness (QED) is 0.440. The third-order valence-electron chi connectivity index (χ3n) is 4.08. The molecule has 25 heavy (non-hydrogen) atoms. The first-order valence-electron chi connectivity index (χ1n) is 8.33. The van der Waals surface area contributed by atoms with Gasteiger partial charge in [0.05, 0.1) is 25.0 Å². The zero-order chi connectivity index (χ0) is 18.8. The van der Waals surface area contributed by atoms with Crippen molar-refractivity contribution in [2.75, 3.05) is 33.0 Å². The Hall–Kier alpha value is -1.86. The van der Waals surface area contributed by atoms with Gasteiger partial charge in [0.15, 0.2) is 5.79 Å². The number of esters is 1. The van der Waals surface area contributed by atoms with Crippen molar-refractivity contribution in [3.05, 3.63) is 25.3 Å². The molecule has 0 aromatic carbocycles. The Morgan fingerprint density at radius 3 is 2.24 bits per heavy atom. The summed E-state index contributed by atoms with van der Waals surface area (Å²) in [5.41, 5.74) is -0.434. The van der Waals surface area contributed by atoms with Gasteiger partial charge in [0.25, 0.3) is 0 Å². The largest absolute Gasteiger partial charge is 0.508 e. The molecule has 0 aliphatic carbocycles. The summed E-state index contributed by atoms with van der Waals surface area (Å²) in [7, 11) is 0. The highest BCUT2D eigenvalue weighted by Gasteiger charge is 2.42. The van der Waals surface area contributed by atoms with Crippen LogP contribution in [0.3, 0.4) is 0 Å². The molecule has 7 nitrogen and oxygen atoms in total. The smallest absolute Gasteiger partial charge is 0.461 e. The molecule has 1 aliphatic rings. The standard InChI is InChI=1S/C18H28O7/c1-5-10-21-15(19)8-9-17(4)24-13-18(7-3,14-25-17)12-23-16(20)22-11-6-2/h5-6H,1-2,7-14H2,3-4H3. The van der Waals surface area contributed by atoms with E-state index < -0.39 is 17.4 Å².